The predicted octanol–water partition coefficient (Wildman–Crippen LogP) is 3.41. The van der Waals surface area contributed by atoms with Crippen molar-refractivity contribution in [2.24, 2.45) is 0 Å². The molecule has 2 aliphatic rings. The second-order valence-corrected chi connectivity index (χ2v) is 9.43. The monoisotopic (exact) mass is 462 g/mol. The summed E-state index contributed by atoms with van der Waals surface area (Å²) in [5, 5.41) is 21.3. The fraction of sp³-hybridized carbons (Fsp3) is 0.304. The van der Waals surface area contributed by atoms with Gasteiger partial charge in [0.15, 0.2) is 5.82 Å². The standard InChI is InChI=1S/C23H19FN6O2S/c1-10-17(20-18-12(4-25)22(26)33-21(18)16(24)6-27-20)15-9-32-8-14(15)13-5-28-23(29-19(10)13)30-3-2-11(31)7-30/h5-6,11,31H,2-3,7-9,26H2,1H3. The number of aromatic nitrogens is 3. The molecule has 0 bridgehead atoms. The van der Waals surface area contributed by atoms with Crippen LogP contribution < -0.4 is 10.6 Å². The van der Waals surface area contributed by atoms with Crippen molar-refractivity contribution >= 4 is 43.3 Å². The largest absolute Gasteiger partial charge is 0.391 e. The number of β-amino-alcohol motifs (C(OH)–C–C–N with tert-alkyl or cyclic N) is 1. The molecule has 1 atom stereocenters. The molecule has 10 heteroatoms. The maximum absolute atomic E-state index is 14.6. The first kappa shape index (κ1) is 20.2. The van der Waals surface area contributed by atoms with E-state index in [0.717, 1.165) is 44.5 Å². The van der Waals surface area contributed by atoms with E-state index < -0.39 is 5.82 Å². The molecular formula is C23H19FN6O2S. The van der Waals surface area contributed by atoms with E-state index in [1.54, 1.807) is 0 Å². The molecular weight excluding hydrogens is 443 g/mol. The number of benzene rings is 1. The number of hydrogen-bond donors (Lipinski definition) is 2. The van der Waals surface area contributed by atoms with Crippen molar-refractivity contribution in [3.63, 3.8) is 0 Å². The zero-order chi connectivity index (χ0) is 22.9. The number of hydrogen-bond acceptors (Lipinski definition) is 9. The van der Waals surface area contributed by atoms with E-state index >= 15 is 0 Å². The van der Waals surface area contributed by atoms with Crippen LogP contribution >= 0.6 is 11.3 Å². The first-order chi connectivity index (χ1) is 16.0. The van der Waals surface area contributed by atoms with Gasteiger partial charge in [-0.2, -0.15) is 5.26 Å². The summed E-state index contributed by atoms with van der Waals surface area (Å²) in [7, 11) is 0. The lowest BCUT2D eigenvalue weighted by Crippen LogP contribution is -2.23. The number of thiophene rings is 1. The summed E-state index contributed by atoms with van der Waals surface area (Å²) in [6, 6.07) is 2.12. The summed E-state index contributed by atoms with van der Waals surface area (Å²) in [5.74, 6) is 0.0529. The molecule has 5 heterocycles. The zero-order valence-corrected chi connectivity index (χ0v) is 18.5. The summed E-state index contributed by atoms with van der Waals surface area (Å²) in [6.07, 6.45) is 3.28. The zero-order valence-electron chi connectivity index (χ0n) is 17.7. The molecule has 1 fully saturated rings. The predicted molar refractivity (Wildman–Crippen MR) is 123 cm³/mol. The van der Waals surface area contributed by atoms with E-state index in [2.05, 4.69) is 16.0 Å². The molecule has 4 aromatic rings. The minimum Gasteiger partial charge on any atom is -0.391 e. The van der Waals surface area contributed by atoms with Gasteiger partial charge in [0.25, 0.3) is 0 Å². The number of rotatable bonds is 2. The van der Waals surface area contributed by atoms with Gasteiger partial charge in [-0.3, -0.25) is 4.98 Å². The average molecular weight is 463 g/mol. The highest BCUT2D eigenvalue weighted by molar-refractivity contribution is 7.23. The Kier molecular flexibility index (Phi) is 4.48. The fourth-order valence-corrected chi connectivity index (χ4v) is 5.82. The molecule has 33 heavy (non-hydrogen) atoms. The van der Waals surface area contributed by atoms with E-state index in [4.69, 9.17) is 15.5 Å². The Hall–Kier alpha value is -3.39. The number of nitrogen functional groups attached to an aromatic ring is 1. The highest BCUT2D eigenvalue weighted by atomic mass is 32.1. The number of nitrogens with two attached hydrogens (primary N) is 1. The molecule has 1 aromatic carbocycles. The summed E-state index contributed by atoms with van der Waals surface area (Å²) in [4.78, 5) is 15.8. The van der Waals surface area contributed by atoms with Gasteiger partial charge in [0, 0.05) is 35.6 Å². The van der Waals surface area contributed by atoms with Crippen molar-refractivity contribution in [3.05, 3.63) is 40.5 Å². The number of aliphatic hydroxyl groups is 1. The number of pyridine rings is 1. The number of aryl methyl sites for hydroxylation is 1. The van der Waals surface area contributed by atoms with Crippen molar-refractivity contribution in [1.29, 1.82) is 5.26 Å². The molecule has 6 rings (SSSR count). The highest BCUT2D eigenvalue weighted by Gasteiger charge is 2.29. The molecule has 0 spiro atoms. The maximum Gasteiger partial charge on any atom is 0.225 e. The molecule has 0 saturated carbocycles. The molecule has 2 aliphatic heterocycles. The molecule has 0 radical (unpaired) electrons. The molecule has 1 unspecified atom stereocenters. The van der Waals surface area contributed by atoms with Crippen LogP contribution in [0, 0.1) is 24.1 Å². The third kappa shape index (κ3) is 2.90. The number of nitriles is 1. The lowest BCUT2D eigenvalue weighted by molar-refractivity contribution is 0.135. The van der Waals surface area contributed by atoms with Crippen LogP contribution in [0.2, 0.25) is 0 Å². The number of anilines is 2. The molecule has 166 valence electrons. The Morgan fingerprint density at radius 1 is 1.30 bits per heavy atom. The van der Waals surface area contributed by atoms with Crippen molar-refractivity contribution in [3.8, 4) is 17.3 Å². The highest BCUT2D eigenvalue weighted by Crippen LogP contribution is 2.45. The van der Waals surface area contributed by atoms with Crippen molar-refractivity contribution in [2.45, 2.75) is 32.7 Å². The number of fused-ring (bicyclic) bond motifs is 4. The first-order valence-electron chi connectivity index (χ1n) is 10.6. The Bertz CT molecular complexity index is 1510. The second kappa shape index (κ2) is 7.31. The SMILES string of the molecule is Cc1c(-c2ncc(F)c3sc(N)c(C#N)c23)c2c(c3cnc(N4CCC(O)C4)nc13)COC2. The molecule has 0 aliphatic carbocycles. The molecule has 3 aromatic heterocycles. The minimum atomic E-state index is -0.504. The van der Waals surface area contributed by atoms with Crippen LogP contribution in [0.25, 0.3) is 32.2 Å². The van der Waals surface area contributed by atoms with Crippen LogP contribution in [-0.2, 0) is 18.0 Å². The van der Waals surface area contributed by atoms with Gasteiger partial charge < -0.3 is 20.5 Å². The van der Waals surface area contributed by atoms with Crippen LogP contribution in [0.3, 0.4) is 0 Å². The lowest BCUT2D eigenvalue weighted by atomic mass is 9.90. The molecule has 1 saturated heterocycles. The van der Waals surface area contributed by atoms with E-state index in [1.807, 2.05) is 18.0 Å². The normalized spacial score (nSPS) is 17.8. The fourth-order valence-electron chi connectivity index (χ4n) is 4.90. The number of halogens is 1. The maximum atomic E-state index is 14.6. The van der Waals surface area contributed by atoms with Crippen molar-refractivity contribution in [2.75, 3.05) is 23.7 Å². The van der Waals surface area contributed by atoms with Gasteiger partial charge in [0.05, 0.1) is 47.0 Å². The van der Waals surface area contributed by atoms with Crippen LogP contribution in [0.1, 0.15) is 28.7 Å². The summed E-state index contributed by atoms with van der Waals surface area (Å²) < 4.78 is 20.7. The van der Waals surface area contributed by atoms with Gasteiger partial charge in [-0.15, -0.1) is 11.3 Å². The first-order valence-corrected chi connectivity index (χ1v) is 11.4. The quantitative estimate of drug-likeness (QED) is 0.465. The topological polar surface area (TPSA) is 121 Å². The van der Waals surface area contributed by atoms with Gasteiger partial charge in [-0.25, -0.2) is 14.4 Å². The van der Waals surface area contributed by atoms with Crippen LogP contribution in [-0.4, -0.2) is 39.3 Å². The smallest absolute Gasteiger partial charge is 0.225 e. The number of aliphatic hydroxyl groups excluding tert-OH is 1. The van der Waals surface area contributed by atoms with Gasteiger partial charge in [-0.05, 0) is 30.0 Å². The van der Waals surface area contributed by atoms with Crippen LogP contribution in [0.15, 0.2) is 12.4 Å². The van der Waals surface area contributed by atoms with Crippen LogP contribution in [0.4, 0.5) is 15.3 Å². The summed E-state index contributed by atoms with van der Waals surface area (Å²) in [5.41, 5.74) is 11.1. The Labute approximate surface area is 192 Å². The molecule has 0 amide bonds. The van der Waals surface area contributed by atoms with Crippen molar-refractivity contribution < 1.29 is 14.2 Å². The van der Waals surface area contributed by atoms with Gasteiger partial charge in [-0.1, -0.05) is 0 Å². The number of ether oxygens (including phenoxy) is 1. The van der Waals surface area contributed by atoms with Crippen molar-refractivity contribution in [1.82, 2.24) is 15.0 Å². The second-order valence-electron chi connectivity index (χ2n) is 8.38. The Morgan fingerprint density at radius 2 is 2.12 bits per heavy atom. The average Bonchev–Trinajstić information content (AvgIpc) is 3.53. The third-order valence-corrected chi connectivity index (χ3v) is 7.51. The molecule has 8 nitrogen and oxygen atoms in total. The Balaban J connectivity index is 1.67. The third-order valence-electron chi connectivity index (χ3n) is 6.48. The summed E-state index contributed by atoms with van der Waals surface area (Å²) >= 11 is 1.05. The van der Waals surface area contributed by atoms with E-state index in [0.29, 0.717) is 54.5 Å². The van der Waals surface area contributed by atoms with E-state index in [1.165, 1.54) is 6.20 Å². The van der Waals surface area contributed by atoms with E-state index in [9.17, 15) is 14.8 Å². The van der Waals surface area contributed by atoms with Crippen LogP contribution in [0.5, 0.6) is 0 Å². The lowest BCUT2D eigenvalue weighted by Gasteiger charge is -2.19. The summed E-state index contributed by atoms with van der Waals surface area (Å²) in [6.45, 7) is 3.91. The van der Waals surface area contributed by atoms with Gasteiger partial charge in [0.1, 0.15) is 11.1 Å². The molecule has 3 N–H and O–H groups in total. The van der Waals surface area contributed by atoms with Gasteiger partial charge in [0.2, 0.25) is 5.95 Å². The van der Waals surface area contributed by atoms with E-state index in [-0.39, 0.29) is 16.7 Å². The van der Waals surface area contributed by atoms with Gasteiger partial charge >= 0.3 is 0 Å². The minimum absolute atomic E-state index is 0.235. The number of nitrogens with zero attached hydrogens (tertiary/aromatic N) is 5. The Morgan fingerprint density at radius 3 is 2.88 bits per heavy atom.